The van der Waals surface area contributed by atoms with Crippen molar-refractivity contribution in [2.45, 2.75) is 67.8 Å². The minimum Gasteiger partial charge on any atom is -0.481 e. The third kappa shape index (κ3) is 4.11. The molecule has 3 aliphatic rings. The van der Waals surface area contributed by atoms with Gasteiger partial charge in [0, 0.05) is 16.9 Å². The van der Waals surface area contributed by atoms with Crippen LogP contribution in [0.3, 0.4) is 0 Å². The van der Waals surface area contributed by atoms with Crippen molar-refractivity contribution in [3.8, 4) is 0 Å². The van der Waals surface area contributed by atoms with Crippen molar-refractivity contribution in [2.75, 3.05) is 13.2 Å². The van der Waals surface area contributed by atoms with Gasteiger partial charge in [-0.3, -0.25) is 14.4 Å². The smallest absolute Gasteiger partial charge is 0.310 e. The highest BCUT2D eigenvalue weighted by molar-refractivity contribution is 9.09. The first-order chi connectivity index (χ1) is 16.5. The SMILES string of the molecule is C=CCN(C(=O)[C@H]1N([C@@H](CO)Cc2ccccc2)C(=O)[C@@H]2[C@@H](C(=O)O)[C@@H]3O[C@@]21CC3Br)C(C)(C)C. The number of nitrogens with zero attached hydrogens (tertiary/aromatic N) is 2. The number of carbonyl (C=O) groups is 3. The Balaban J connectivity index is 1.84. The summed E-state index contributed by atoms with van der Waals surface area (Å²) in [5.74, 6) is -3.95. The van der Waals surface area contributed by atoms with Crippen molar-refractivity contribution in [2.24, 2.45) is 11.8 Å². The molecule has 3 fully saturated rings. The van der Waals surface area contributed by atoms with Gasteiger partial charge in [0.1, 0.15) is 11.6 Å². The van der Waals surface area contributed by atoms with Gasteiger partial charge in [0.2, 0.25) is 11.8 Å². The maximum atomic E-state index is 14.3. The van der Waals surface area contributed by atoms with E-state index in [1.807, 2.05) is 51.1 Å². The highest BCUT2D eigenvalue weighted by Crippen LogP contribution is 2.60. The van der Waals surface area contributed by atoms with Crippen molar-refractivity contribution in [1.82, 2.24) is 9.80 Å². The molecule has 1 unspecified atom stereocenters. The first-order valence-electron chi connectivity index (χ1n) is 11.9. The number of benzene rings is 1. The van der Waals surface area contributed by atoms with E-state index in [0.29, 0.717) is 12.8 Å². The summed E-state index contributed by atoms with van der Waals surface area (Å²) < 4.78 is 6.35. The third-order valence-electron chi connectivity index (χ3n) is 7.55. The number of carboxylic acid groups (broad SMARTS) is 1. The number of hydrogen-bond donors (Lipinski definition) is 2. The number of alkyl halides is 1. The topological polar surface area (TPSA) is 107 Å². The molecule has 8 nitrogen and oxygen atoms in total. The summed E-state index contributed by atoms with van der Waals surface area (Å²) in [6, 6.07) is 7.65. The lowest BCUT2D eigenvalue weighted by atomic mass is 9.70. The Labute approximate surface area is 214 Å². The summed E-state index contributed by atoms with van der Waals surface area (Å²) in [4.78, 5) is 43.4. The third-order valence-corrected chi connectivity index (χ3v) is 8.40. The molecule has 0 aliphatic carbocycles. The zero-order valence-electron chi connectivity index (χ0n) is 20.3. The first kappa shape index (κ1) is 25.9. The maximum absolute atomic E-state index is 14.3. The van der Waals surface area contributed by atoms with E-state index < -0.39 is 53.0 Å². The van der Waals surface area contributed by atoms with Crippen LogP contribution in [0.25, 0.3) is 0 Å². The standard InChI is InChI=1S/C26H33BrN2O6/c1-5-11-28(25(2,3)4)23(32)21-26-13-17(27)20(35-26)18(24(33)34)19(26)22(31)29(21)16(14-30)12-15-9-7-6-8-10-15/h5-10,16-21,30H,1,11-14H2,2-4H3,(H,33,34)/t16-,17?,18-,19+,20-,21-,26+/m1/s1. The second kappa shape index (κ2) is 9.33. The number of carbonyl (C=O) groups excluding carboxylic acids is 2. The number of halogens is 1. The number of aliphatic hydroxyl groups is 1. The molecular weight excluding hydrogens is 516 g/mol. The molecule has 2 bridgehead atoms. The molecule has 35 heavy (non-hydrogen) atoms. The average Bonchev–Trinajstić information content (AvgIpc) is 3.39. The predicted molar refractivity (Wildman–Crippen MR) is 133 cm³/mol. The summed E-state index contributed by atoms with van der Waals surface area (Å²) in [5.41, 5.74) is -0.970. The molecular formula is C26H33BrN2O6. The van der Waals surface area contributed by atoms with Gasteiger partial charge in [0.05, 0.1) is 30.6 Å². The molecule has 1 aromatic carbocycles. The molecule has 2 N–H and O–H groups in total. The molecule has 0 radical (unpaired) electrons. The van der Waals surface area contributed by atoms with Gasteiger partial charge in [-0.1, -0.05) is 52.3 Å². The number of hydrogen-bond acceptors (Lipinski definition) is 5. The van der Waals surface area contributed by atoms with E-state index in [0.717, 1.165) is 5.56 Å². The van der Waals surface area contributed by atoms with Gasteiger partial charge in [-0.25, -0.2) is 0 Å². The minimum atomic E-state index is -1.29. The van der Waals surface area contributed by atoms with E-state index >= 15 is 0 Å². The molecule has 9 heteroatoms. The second-order valence-electron chi connectivity index (χ2n) is 10.7. The van der Waals surface area contributed by atoms with E-state index in [4.69, 9.17) is 4.74 Å². The molecule has 3 saturated heterocycles. The summed E-state index contributed by atoms with van der Waals surface area (Å²) in [7, 11) is 0. The Hall–Kier alpha value is -2.23. The highest BCUT2D eigenvalue weighted by atomic mass is 79.9. The van der Waals surface area contributed by atoms with Gasteiger partial charge >= 0.3 is 5.97 Å². The second-order valence-corrected chi connectivity index (χ2v) is 11.9. The van der Waals surface area contributed by atoms with Crippen molar-refractivity contribution in [3.05, 3.63) is 48.6 Å². The Morgan fingerprint density at radius 3 is 2.54 bits per heavy atom. The van der Waals surface area contributed by atoms with Crippen LogP contribution in [0, 0.1) is 11.8 Å². The Morgan fingerprint density at radius 1 is 1.34 bits per heavy atom. The van der Waals surface area contributed by atoms with E-state index in [9.17, 15) is 24.6 Å². The molecule has 0 saturated carbocycles. The zero-order valence-corrected chi connectivity index (χ0v) is 21.8. The number of aliphatic hydroxyl groups excluding tert-OH is 1. The van der Waals surface area contributed by atoms with Crippen LogP contribution in [0.15, 0.2) is 43.0 Å². The highest BCUT2D eigenvalue weighted by Gasteiger charge is 2.77. The van der Waals surface area contributed by atoms with E-state index in [1.165, 1.54) is 4.90 Å². The number of ether oxygens (including phenoxy) is 1. The van der Waals surface area contributed by atoms with Crippen LogP contribution >= 0.6 is 15.9 Å². The normalized spacial score (nSPS) is 32.4. The number of aliphatic carboxylic acids is 1. The van der Waals surface area contributed by atoms with Crippen molar-refractivity contribution >= 4 is 33.7 Å². The van der Waals surface area contributed by atoms with Gasteiger partial charge < -0.3 is 24.7 Å². The van der Waals surface area contributed by atoms with Gasteiger partial charge in [-0.15, -0.1) is 6.58 Å². The molecule has 7 atom stereocenters. The van der Waals surface area contributed by atoms with E-state index in [-0.39, 0.29) is 23.9 Å². The molecule has 4 rings (SSSR count). The van der Waals surface area contributed by atoms with Crippen LogP contribution in [0.2, 0.25) is 0 Å². The molecule has 0 aromatic heterocycles. The van der Waals surface area contributed by atoms with Crippen molar-refractivity contribution in [1.29, 1.82) is 0 Å². The van der Waals surface area contributed by atoms with Gasteiger partial charge in [-0.2, -0.15) is 0 Å². The minimum absolute atomic E-state index is 0.258. The summed E-state index contributed by atoms with van der Waals surface area (Å²) in [6.45, 7) is 9.38. The quantitative estimate of drug-likeness (QED) is 0.381. The molecule has 3 aliphatic heterocycles. The summed E-state index contributed by atoms with van der Waals surface area (Å²) in [6.07, 6.45) is 1.59. The van der Waals surface area contributed by atoms with Crippen LogP contribution in [0.4, 0.5) is 0 Å². The number of fused-ring (bicyclic) bond motifs is 1. The Kier molecular flexibility index (Phi) is 6.89. The fourth-order valence-corrected chi connectivity index (χ4v) is 7.07. The van der Waals surface area contributed by atoms with Crippen molar-refractivity contribution in [3.63, 3.8) is 0 Å². The monoisotopic (exact) mass is 548 g/mol. The van der Waals surface area contributed by atoms with Gasteiger partial charge in [0.25, 0.3) is 0 Å². The number of rotatable bonds is 8. The van der Waals surface area contributed by atoms with E-state index in [1.54, 1.807) is 11.0 Å². The molecule has 1 spiro atoms. The van der Waals surface area contributed by atoms with Crippen LogP contribution in [0.5, 0.6) is 0 Å². The molecule has 2 amide bonds. The van der Waals surface area contributed by atoms with Crippen LogP contribution in [-0.4, -0.2) is 85.1 Å². The van der Waals surface area contributed by atoms with Crippen molar-refractivity contribution < 1.29 is 29.3 Å². The van der Waals surface area contributed by atoms with Gasteiger partial charge in [-0.05, 0) is 39.2 Å². The first-order valence-corrected chi connectivity index (χ1v) is 12.8. The van der Waals surface area contributed by atoms with Crippen LogP contribution in [0.1, 0.15) is 32.8 Å². The molecule has 1 aromatic rings. The lowest BCUT2D eigenvalue weighted by molar-refractivity contribution is -0.155. The predicted octanol–water partition coefficient (Wildman–Crippen LogP) is 2.24. The van der Waals surface area contributed by atoms with Crippen LogP contribution in [-0.2, 0) is 25.5 Å². The number of carboxylic acids is 1. The summed E-state index contributed by atoms with van der Waals surface area (Å²) in [5, 5.41) is 20.5. The lowest BCUT2D eigenvalue weighted by Crippen LogP contribution is -2.62. The Bertz CT molecular complexity index is 1010. The molecule has 3 heterocycles. The summed E-state index contributed by atoms with van der Waals surface area (Å²) >= 11 is 3.56. The average molecular weight is 549 g/mol. The van der Waals surface area contributed by atoms with E-state index in [2.05, 4.69) is 22.5 Å². The Morgan fingerprint density at radius 2 is 2.00 bits per heavy atom. The fraction of sp³-hybridized carbons (Fsp3) is 0.577. The fourth-order valence-electron chi connectivity index (χ4n) is 6.13. The maximum Gasteiger partial charge on any atom is 0.310 e. The van der Waals surface area contributed by atoms with Gasteiger partial charge in [0.15, 0.2) is 0 Å². The lowest BCUT2D eigenvalue weighted by Gasteiger charge is -2.43. The van der Waals surface area contributed by atoms with Crippen LogP contribution < -0.4 is 0 Å². The number of likely N-dealkylation sites (tertiary alicyclic amines) is 1. The largest absolute Gasteiger partial charge is 0.481 e. The zero-order chi connectivity index (χ0) is 25.7. The number of amides is 2. The molecule has 190 valence electrons.